The Labute approximate surface area is 271 Å². The molecule has 6 atom stereocenters. The van der Waals surface area contributed by atoms with Gasteiger partial charge in [0, 0.05) is 21.9 Å². The topological polar surface area (TPSA) is 95.0 Å². The first-order chi connectivity index (χ1) is 22.1. The Morgan fingerprint density at radius 2 is 1.54 bits per heavy atom. The van der Waals surface area contributed by atoms with Gasteiger partial charge in [-0.3, -0.25) is 19.2 Å². The van der Waals surface area contributed by atoms with Crippen molar-refractivity contribution in [2.45, 2.75) is 32.6 Å². The number of nitrogens with zero attached hydrogens (tertiary/aromatic N) is 2. The Morgan fingerprint density at radius 3 is 2.30 bits per heavy atom. The van der Waals surface area contributed by atoms with Crippen LogP contribution in [0.25, 0.3) is 10.8 Å². The number of carbonyl (C=O) groups excluding carboxylic acids is 4. The summed E-state index contributed by atoms with van der Waals surface area (Å²) in [7, 11) is 0. The average Bonchev–Trinajstić information content (AvgIpc) is 3.43. The average molecular weight is 631 g/mol. The summed E-state index contributed by atoms with van der Waals surface area (Å²) in [5, 5.41) is 13.8. The molecule has 2 aliphatic heterocycles. The zero-order chi connectivity index (χ0) is 32.1. The molecule has 0 unspecified atom stereocenters. The number of para-hydroxylation sites is 1. The number of aromatic hydroxyl groups is 1. The molecule has 230 valence electrons. The van der Waals surface area contributed by atoms with Crippen LogP contribution < -0.4 is 9.80 Å². The number of rotatable bonds is 3. The number of hydrogen-bond acceptors (Lipinski definition) is 5. The molecular weight excluding hydrogens is 600 g/mol. The summed E-state index contributed by atoms with van der Waals surface area (Å²) in [5.41, 5.74) is 1.87. The number of allylic oxidation sites excluding steroid dienone is 2. The molecule has 2 heterocycles. The van der Waals surface area contributed by atoms with E-state index in [-0.39, 0.29) is 35.8 Å². The van der Waals surface area contributed by atoms with Crippen LogP contribution in [0.2, 0.25) is 5.02 Å². The minimum atomic E-state index is -1.24. The number of fused-ring (bicyclic) bond motifs is 5. The van der Waals surface area contributed by atoms with Crippen molar-refractivity contribution in [1.82, 2.24) is 0 Å². The Bertz CT molecular complexity index is 2040. The van der Waals surface area contributed by atoms with E-state index in [9.17, 15) is 24.3 Å². The molecule has 3 fully saturated rings. The van der Waals surface area contributed by atoms with Gasteiger partial charge in [-0.1, -0.05) is 83.9 Å². The van der Waals surface area contributed by atoms with Gasteiger partial charge in [0.1, 0.15) is 5.75 Å². The number of hydrogen-bond donors (Lipinski definition) is 1. The monoisotopic (exact) mass is 630 g/mol. The highest BCUT2D eigenvalue weighted by Gasteiger charge is 2.68. The molecule has 4 aliphatic rings. The van der Waals surface area contributed by atoms with Gasteiger partial charge in [0.05, 0.1) is 34.5 Å². The molecular formula is C38H31ClN2O5. The largest absolute Gasteiger partial charge is 0.507 e. The van der Waals surface area contributed by atoms with Crippen LogP contribution in [0.5, 0.6) is 5.75 Å². The standard InChI is InChI=1S/C38H31ClN2O5/c1-20-12-14-23(18-30(20)39)40-34(43)26-17-16-25-28(31(26)36(40)45)19-29-35(44)41(22-9-4-3-5-10-22)37(46)38(29,2)32(25)27-15-13-21-8-6-7-11-24(21)33(27)42/h3-16,18,26,28-29,31-32,42H,17,19H2,1-2H3/t26-,28+,29-,31-,32+,38+/m0/s1. The van der Waals surface area contributed by atoms with E-state index < -0.39 is 35.0 Å². The summed E-state index contributed by atoms with van der Waals surface area (Å²) >= 11 is 6.41. The van der Waals surface area contributed by atoms with Crippen molar-refractivity contribution in [1.29, 1.82) is 0 Å². The molecule has 0 spiro atoms. The lowest BCUT2D eigenvalue weighted by molar-refractivity contribution is -0.131. The van der Waals surface area contributed by atoms with E-state index in [0.717, 1.165) is 16.5 Å². The van der Waals surface area contributed by atoms with E-state index in [1.54, 1.807) is 42.5 Å². The molecule has 2 aliphatic carbocycles. The fourth-order valence-corrected chi connectivity index (χ4v) is 8.84. The number of phenolic OH excluding ortho intramolecular Hbond substituents is 1. The molecule has 0 bridgehead atoms. The van der Waals surface area contributed by atoms with Crippen LogP contribution in [-0.4, -0.2) is 28.7 Å². The molecule has 4 amide bonds. The molecule has 4 aromatic carbocycles. The summed E-state index contributed by atoms with van der Waals surface area (Å²) in [6, 6.07) is 25.3. The lowest BCUT2D eigenvalue weighted by Crippen LogP contribution is -2.48. The number of anilines is 2. The highest BCUT2D eigenvalue weighted by atomic mass is 35.5. The van der Waals surface area contributed by atoms with Crippen molar-refractivity contribution >= 4 is 57.4 Å². The zero-order valence-corrected chi connectivity index (χ0v) is 26.1. The van der Waals surface area contributed by atoms with Gasteiger partial charge in [-0.2, -0.15) is 0 Å². The number of carbonyl (C=O) groups is 4. The van der Waals surface area contributed by atoms with Crippen molar-refractivity contribution in [2.24, 2.45) is 29.1 Å². The molecule has 4 aromatic rings. The third-order valence-electron chi connectivity index (χ3n) is 10.9. The maximum absolute atomic E-state index is 14.6. The number of halogens is 1. The number of imide groups is 2. The second-order valence-electron chi connectivity index (χ2n) is 13.2. The van der Waals surface area contributed by atoms with Crippen LogP contribution in [-0.2, 0) is 19.2 Å². The number of amides is 4. The van der Waals surface area contributed by atoms with Gasteiger partial charge in [-0.25, -0.2) is 9.80 Å². The SMILES string of the molecule is Cc1ccc(N2C(=O)[C@H]3[C@H](CC=C4[C@H]3C[C@H]3C(=O)N(c5ccccc5)C(=O)[C@@]3(C)[C@H]4c3ccc4ccccc4c3O)C2=O)cc1Cl. The van der Waals surface area contributed by atoms with Gasteiger partial charge >= 0.3 is 0 Å². The smallest absolute Gasteiger partial charge is 0.241 e. The second-order valence-corrected chi connectivity index (χ2v) is 13.6. The fourth-order valence-electron chi connectivity index (χ4n) is 8.66. The van der Waals surface area contributed by atoms with E-state index in [1.807, 2.05) is 62.4 Å². The third kappa shape index (κ3) is 3.78. The van der Waals surface area contributed by atoms with Crippen molar-refractivity contribution in [3.63, 3.8) is 0 Å². The summed E-state index contributed by atoms with van der Waals surface area (Å²) in [4.78, 5) is 59.7. The van der Waals surface area contributed by atoms with Crippen molar-refractivity contribution in [3.05, 3.63) is 113 Å². The first-order valence-corrected chi connectivity index (χ1v) is 16.0. The zero-order valence-electron chi connectivity index (χ0n) is 25.3. The molecule has 8 rings (SSSR count). The van der Waals surface area contributed by atoms with Gasteiger partial charge in [0.25, 0.3) is 0 Å². The van der Waals surface area contributed by atoms with Crippen LogP contribution in [0, 0.1) is 36.0 Å². The molecule has 46 heavy (non-hydrogen) atoms. The lowest BCUT2D eigenvalue weighted by Gasteiger charge is -2.49. The van der Waals surface area contributed by atoms with E-state index in [0.29, 0.717) is 33.8 Å². The predicted molar refractivity (Wildman–Crippen MR) is 175 cm³/mol. The van der Waals surface area contributed by atoms with Crippen LogP contribution in [0.15, 0.2) is 96.6 Å². The Balaban J connectivity index is 1.30. The lowest BCUT2D eigenvalue weighted by atomic mass is 9.51. The minimum Gasteiger partial charge on any atom is -0.507 e. The molecule has 7 nitrogen and oxygen atoms in total. The molecule has 1 N–H and O–H groups in total. The second kappa shape index (κ2) is 10.1. The number of phenols is 1. The van der Waals surface area contributed by atoms with Crippen molar-refractivity contribution < 1.29 is 24.3 Å². The molecule has 0 radical (unpaired) electrons. The number of benzene rings is 4. The Hall–Kier alpha value is -4.75. The van der Waals surface area contributed by atoms with Gasteiger partial charge < -0.3 is 5.11 Å². The summed E-state index contributed by atoms with van der Waals surface area (Å²) in [6.45, 7) is 3.68. The van der Waals surface area contributed by atoms with Crippen molar-refractivity contribution in [3.8, 4) is 5.75 Å². The summed E-state index contributed by atoms with van der Waals surface area (Å²) in [5.74, 6) is -4.50. The minimum absolute atomic E-state index is 0.0508. The normalized spacial score (nSPS) is 28.8. The maximum atomic E-state index is 14.6. The van der Waals surface area contributed by atoms with E-state index in [2.05, 4.69) is 0 Å². The first-order valence-electron chi connectivity index (χ1n) is 15.6. The Morgan fingerprint density at radius 1 is 0.804 bits per heavy atom. The molecule has 0 aromatic heterocycles. The third-order valence-corrected chi connectivity index (χ3v) is 11.4. The predicted octanol–water partition coefficient (Wildman–Crippen LogP) is 6.94. The van der Waals surface area contributed by atoms with Crippen molar-refractivity contribution in [2.75, 3.05) is 9.80 Å². The summed E-state index contributed by atoms with van der Waals surface area (Å²) < 4.78 is 0. The fraction of sp³-hybridized carbons (Fsp3) is 0.263. The van der Waals surface area contributed by atoms with Gasteiger partial charge in [0.2, 0.25) is 23.6 Å². The highest BCUT2D eigenvalue weighted by Crippen LogP contribution is 2.64. The van der Waals surface area contributed by atoms with Crippen LogP contribution in [0.4, 0.5) is 11.4 Å². The summed E-state index contributed by atoms with van der Waals surface area (Å²) in [6.07, 6.45) is 2.55. The molecule has 2 saturated heterocycles. The van der Waals surface area contributed by atoms with Crippen LogP contribution in [0.3, 0.4) is 0 Å². The highest BCUT2D eigenvalue weighted by molar-refractivity contribution is 6.32. The first kappa shape index (κ1) is 28.7. The Kier molecular flexibility index (Phi) is 6.32. The van der Waals surface area contributed by atoms with E-state index in [1.165, 1.54) is 9.80 Å². The van der Waals surface area contributed by atoms with Crippen LogP contribution >= 0.6 is 11.6 Å². The van der Waals surface area contributed by atoms with Crippen LogP contribution in [0.1, 0.15) is 36.8 Å². The molecule has 8 heteroatoms. The van der Waals surface area contributed by atoms with E-state index in [4.69, 9.17) is 11.6 Å². The molecule has 1 saturated carbocycles. The maximum Gasteiger partial charge on any atom is 0.241 e. The quantitative estimate of drug-likeness (QED) is 0.195. The van der Waals surface area contributed by atoms with Gasteiger partial charge in [-0.15, -0.1) is 0 Å². The van der Waals surface area contributed by atoms with E-state index >= 15 is 0 Å². The number of aryl methyl sites for hydroxylation is 1. The van der Waals surface area contributed by atoms with Gasteiger partial charge in [-0.05, 0) is 67.8 Å². The van der Waals surface area contributed by atoms with Gasteiger partial charge in [0.15, 0.2) is 0 Å².